The molecule has 1 rings (SSSR count). The molecule has 0 fully saturated rings. The molecule has 0 aliphatic rings. The Kier molecular flexibility index (Phi) is 5.85. The summed E-state index contributed by atoms with van der Waals surface area (Å²) in [6.45, 7) is 5.92. The van der Waals surface area contributed by atoms with E-state index in [1.54, 1.807) is 6.20 Å². The number of rotatable bonds is 8. The molecule has 0 saturated heterocycles. The van der Waals surface area contributed by atoms with E-state index in [1.807, 2.05) is 30.8 Å². The average Bonchev–Trinajstić information content (AvgIpc) is 2.90. The molecular formula is C13H24N4O. The first-order chi connectivity index (χ1) is 8.68. The number of hydrogen-bond donors (Lipinski definition) is 2. The minimum Gasteiger partial charge on any atom is -0.356 e. The molecule has 1 heterocycles. The first-order valence-electron chi connectivity index (χ1n) is 6.64. The fourth-order valence-electron chi connectivity index (χ4n) is 2.02. The molecule has 0 atom stereocenters. The molecule has 1 aromatic rings. The third kappa shape index (κ3) is 3.57. The fraction of sp³-hybridized carbons (Fsp3) is 0.692. The van der Waals surface area contributed by atoms with Crippen molar-refractivity contribution >= 4 is 5.91 Å². The highest BCUT2D eigenvalue weighted by molar-refractivity contribution is 5.82. The lowest BCUT2D eigenvalue weighted by Gasteiger charge is -2.28. The molecule has 0 aliphatic carbocycles. The Morgan fingerprint density at radius 1 is 1.44 bits per heavy atom. The normalized spacial score (nSPS) is 11.5. The van der Waals surface area contributed by atoms with Gasteiger partial charge in [0.05, 0.1) is 5.41 Å². The zero-order chi connectivity index (χ0) is 13.4. The van der Waals surface area contributed by atoms with Gasteiger partial charge in [-0.25, -0.2) is 0 Å². The van der Waals surface area contributed by atoms with E-state index in [0.717, 1.165) is 25.8 Å². The maximum atomic E-state index is 12.1. The first kappa shape index (κ1) is 14.7. The van der Waals surface area contributed by atoms with Gasteiger partial charge in [-0.15, -0.1) is 0 Å². The van der Waals surface area contributed by atoms with Gasteiger partial charge in [-0.1, -0.05) is 13.8 Å². The van der Waals surface area contributed by atoms with Crippen LogP contribution < -0.4 is 11.1 Å². The van der Waals surface area contributed by atoms with Gasteiger partial charge in [-0.05, 0) is 25.3 Å². The lowest BCUT2D eigenvalue weighted by molar-refractivity contribution is -0.131. The molecule has 18 heavy (non-hydrogen) atoms. The fourth-order valence-corrected chi connectivity index (χ4v) is 2.02. The van der Waals surface area contributed by atoms with Crippen molar-refractivity contribution in [3.63, 3.8) is 0 Å². The summed E-state index contributed by atoms with van der Waals surface area (Å²) in [6, 6.07) is 1.90. The molecule has 0 bridgehead atoms. The van der Waals surface area contributed by atoms with E-state index >= 15 is 0 Å². The summed E-state index contributed by atoms with van der Waals surface area (Å²) >= 11 is 0. The minimum atomic E-state index is -0.397. The molecule has 5 heteroatoms. The van der Waals surface area contributed by atoms with Crippen LogP contribution in [0.2, 0.25) is 0 Å². The molecule has 0 saturated carbocycles. The Hall–Kier alpha value is -1.36. The number of aryl methyl sites for hydroxylation is 1. The lowest BCUT2D eigenvalue weighted by Crippen LogP contribution is -2.45. The Labute approximate surface area is 109 Å². The second-order valence-corrected chi connectivity index (χ2v) is 4.57. The van der Waals surface area contributed by atoms with Crippen LogP contribution in [-0.4, -0.2) is 28.8 Å². The number of aromatic nitrogens is 2. The average molecular weight is 252 g/mol. The summed E-state index contributed by atoms with van der Waals surface area (Å²) < 4.78 is 1.86. The van der Waals surface area contributed by atoms with Crippen LogP contribution in [0.25, 0.3) is 0 Å². The number of nitrogens with zero attached hydrogens (tertiary/aromatic N) is 2. The van der Waals surface area contributed by atoms with E-state index < -0.39 is 5.41 Å². The quantitative estimate of drug-likeness (QED) is 0.682. The van der Waals surface area contributed by atoms with Crippen LogP contribution in [0, 0.1) is 5.41 Å². The highest BCUT2D eigenvalue weighted by Gasteiger charge is 2.32. The highest BCUT2D eigenvalue weighted by Crippen LogP contribution is 2.24. The maximum absolute atomic E-state index is 12.1. The predicted octanol–water partition coefficient (Wildman–Crippen LogP) is 1.15. The third-order valence-electron chi connectivity index (χ3n) is 3.63. The molecule has 5 nitrogen and oxygen atoms in total. The molecule has 102 valence electrons. The van der Waals surface area contributed by atoms with Gasteiger partial charge in [0, 0.05) is 32.0 Å². The molecule has 3 N–H and O–H groups in total. The van der Waals surface area contributed by atoms with Crippen LogP contribution in [0.1, 0.15) is 33.1 Å². The van der Waals surface area contributed by atoms with Crippen LogP contribution in [0.15, 0.2) is 18.5 Å². The monoisotopic (exact) mass is 252 g/mol. The number of carbonyl (C=O) groups excluding carboxylic acids is 1. The molecule has 0 aromatic carbocycles. The summed E-state index contributed by atoms with van der Waals surface area (Å²) in [5, 5.41) is 7.09. The summed E-state index contributed by atoms with van der Waals surface area (Å²) in [7, 11) is 0. The van der Waals surface area contributed by atoms with Crippen LogP contribution in [0.3, 0.4) is 0 Å². The number of nitrogens with one attached hydrogen (secondary N) is 1. The Bertz CT molecular complexity index is 336. The van der Waals surface area contributed by atoms with Gasteiger partial charge in [0.1, 0.15) is 0 Å². The second kappa shape index (κ2) is 7.16. The molecule has 1 aromatic heterocycles. The summed E-state index contributed by atoms with van der Waals surface area (Å²) in [4.78, 5) is 12.1. The van der Waals surface area contributed by atoms with Gasteiger partial charge in [0.25, 0.3) is 0 Å². The zero-order valence-corrected chi connectivity index (χ0v) is 11.4. The maximum Gasteiger partial charge on any atom is 0.227 e. The zero-order valence-electron chi connectivity index (χ0n) is 11.4. The topological polar surface area (TPSA) is 72.9 Å². The molecule has 1 amide bonds. The number of nitrogens with two attached hydrogens (primary N) is 1. The highest BCUT2D eigenvalue weighted by atomic mass is 16.2. The van der Waals surface area contributed by atoms with Crippen LogP contribution in [0.4, 0.5) is 0 Å². The van der Waals surface area contributed by atoms with E-state index in [4.69, 9.17) is 5.73 Å². The predicted molar refractivity (Wildman–Crippen MR) is 71.9 cm³/mol. The largest absolute Gasteiger partial charge is 0.356 e. The van der Waals surface area contributed by atoms with Crippen LogP contribution in [-0.2, 0) is 11.3 Å². The van der Waals surface area contributed by atoms with Gasteiger partial charge in [0.15, 0.2) is 0 Å². The van der Waals surface area contributed by atoms with Gasteiger partial charge in [-0.3, -0.25) is 9.48 Å². The van der Waals surface area contributed by atoms with E-state index in [-0.39, 0.29) is 5.91 Å². The van der Waals surface area contributed by atoms with E-state index in [9.17, 15) is 4.79 Å². The van der Waals surface area contributed by atoms with Crippen molar-refractivity contribution in [2.45, 2.75) is 39.7 Å². The van der Waals surface area contributed by atoms with Gasteiger partial charge < -0.3 is 11.1 Å². The lowest BCUT2D eigenvalue weighted by atomic mass is 9.81. The van der Waals surface area contributed by atoms with Gasteiger partial charge >= 0.3 is 0 Å². The Morgan fingerprint density at radius 3 is 2.67 bits per heavy atom. The molecule has 0 radical (unpaired) electrons. The smallest absolute Gasteiger partial charge is 0.227 e. The van der Waals surface area contributed by atoms with E-state index in [0.29, 0.717) is 13.1 Å². The SMILES string of the molecule is CCC(CC)(CN)C(=O)NCCCn1cccn1. The van der Waals surface area contributed by atoms with Crippen LogP contribution >= 0.6 is 0 Å². The van der Waals surface area contributed by atoms with Crippen molar-refractivity contribution in [2.24, 2.45) is 11.1 Å². The number of hydrogen-bond acceptors (Lipinski definition) is 3. The van der Waals surface area contributed by atoms with Crippen molar-refractivity contribution in [2.75, 3.05) is 13.1 Å². The van der Waals surface area contributed by atoms with E-state index in [2.05, 4.69) is 10.4 Å². The van der Waals surface area contributed by atoms with Crippen molar-refractivity contribution < 1.29 is 4.79 Å². The third-order valence-corrected chi connectivity index (χ3v) is 3.63. The molecular weight excluding hydrogens is 228 g/mol. The van der Waals surface area contributed by atoms with Crippen molar-refractivity contribution in [3.05, 3.63) is 18.5 Å². The summed E-state index contributed by atoms with van der Waals surface area (Å²) in [5.41, 5.74) is 5.34. The number of carbonyl (C=O) groups is 1. The summed E-state index contributed by atoms with van der Waals surface area (Å²) in [6.07, 6.45) is 6.12. The molecule has 0 unspecified atom stereocenters. The second-order valence-electron chi connectivity index (χ2n) is 4.57. The molecule has 0 aliphatic heterocycles. The minimum absolute atomic E-state index is 0.0791. The van der Waals surface area contributed by atoms with Gasteiger partial charge in [-0.2, -0.15) is 5.10 Å². The first-order valence-corrected chi connectivity index (χ1v) is 6.64. The molecule has 0 spiro atoms. The Balaban J connectivity index is 2.31. The van der Waals surface area contributed by atoms with E-state index in [1.165, 1.54) is 0 Å². The number of amides is 1. The van der Waals surface area contributed by atoms with Crippen molar-refractivity contribution in [1.29, 1.82) is 0 Å². The van der Waals surface area contributed by atoms with Crippen molar-refractivity contribution in [1.82, 2.24) is 15.1 Å². The Morgan fingerprint density at radius 2 is 2.17 bits per heavy atom. The van der Waals surface area contributed by atoms with Crippen LogP contribution in [0.5, 0.6) is 0 Å². The standard InChI is InChI=1S/C13H24N4O/c1-3-13(4-2,11-14)12(18)15-7-5-9-17-10-6-8-16-17/h6,8,10H,3-5,7,9,11,14H2,1-2H3,(H,15,18). The van der Waals surface area contributed by atoms with Crippen molar-refractivity contribution in [3.8, 4) is 0 Å². The van der Waals surface area contributed by atoms with Gasteiger partial charge in [0.2, 0.25) is 5.91 Å². The summed E-state index contributed by atoms with van der Waals surface area (Å²) in [5.74, 6) is 0.0791.